The van der Waals surface area contributed by atoms with E-state index in [2.05, 4.69) is 4.99 Å². The van der Waals surface area contributed by atoms with Crippen LogP contribution in [0.4, 0.5) is 0 Å². The fraction of sp³-hybridized carbons (Fsp3) is 0.550. The number of benzene rings is 1. The maximum Gasteiger partial charge on any atom is 0.254 e. The van der Waals surface area contributed by atoms with Crippen molar-refractivity contribution >= 4 is 18.0 Å². The fourth-order valence-corrected chi connectivity index (χ4v) is 3.80. The first-order chi connectivity index (χ1) is 13.0. The van der Waals surface area contributed by atoms with Crippen LogP contribution < -0.4 is 0 Å². The van der Waals surface area contributed by atoms with Gasteiger partial charge in [0.25, 0.3) is 11.8 Å². The van der Waals surface area contributed by atoms with Gasteiger partial charge in [-0.05, 0) is 37.0 Å². The van der Waals surface area contributed by atoms with Crippen molar-refractivity contribution in [1.82, 2.24) is 9.80 Å². The summed E-state index contributed by atoms with van der Waals surface area (Å²) in [6.45, 7) is 2.54. The van der Waals surface area contributed by atoms with Gasteiger partial charge in [0.15, 0.2) is 0 Å². The molecule has 2 atom stereocenters. The predicted molar refractivity (Wildman–Crippen MR) is 99.8 cm³/mol. The van der Waals surface area contributed by atoms with Gasteiger partial charge in [0.2, 0.25) is 0 Å². The summed E-state index contributed by atoms with van der Waals surface area (Å²) in [5.74, 6) is -0.0614. The van der Waals surface area contributed by atoms with E-state index in [4.69, 9.17) is 0 Å². The van der Waals surface area contributed by atoms with Gasteiger partial charge in [0, 0.05) is 50.4 Å². The number of piperazine rings is 1. The summed E-state index contributed by atoms with van der Waals surface area (Å²) in [5, 5.41) is 19.7. The third-order valence-electron chi connectivity index (χ3n) is 5.73. The van der Waals surface area contributed by atoms with Gasteiger partial charge in [0.05, 0.1) is 6.10 Å². The first kappa shape index (κ1) is 18.1. The smallest absolute Gasteiger partial charge is 0.254 e. The van der Waals surface area contributed by atoms with E-state index >= 15 is 0 Å². The Hall–Kier alpha value is -2.25. The van der Waals surface area contributed by atoms with Crippen molar-refractivity contribution in [2.24, 2.45) is 4.99 Å². The minimum Gasteiger partial charge on any atom is -0.387 e. The van der Waals surface area contributed by atoms with Crippen LogP contribution in [0.1, 0.15) is 41.1 Å². The molecular weight excluding hydrogens is 346 g/mol. The highest BCUT2D eigenvalue weighted by Gasteiger charge is 2.50. The van der Waals surface area contributed by atoms with E-state index in [9.17, 15) is 19.8 Å². The third-order valence-corrected chi connectivity index (χ3v) is 5.73. The Morgan fingerprint density at radius 3 is 2.26 bits per heavy atom. The number of aliphatic imine (C=N–C) groups is 1. The van der Waals surface area contributed by atoms with Crippen molar-refractivity contribution in [1.29, 1.82) is 0 Å². The number of nitrogens with zero attached hydrogens (tertiary/aromatic N) is 3. The van der Waals surface area contributed by atoms with E-state index in [1.165, 1.54) is 0 Å². The number of aliphatic hydroxyl groups excluding tert-OH is 1. The monoisotopic (exact) mass is 371 g/mol. The molecule has 2 amide bonds. The van der Waals surface area contributed by atoms with E-state index in [1.807, 2.05) is 24.3 Å². The van der Waals surface area contributed by atoms with Crippen molar-refractivity contribution in [2.75, 3.05) is 32.7 Å². The van der Waals surface area contributed by atoms with Gasteiger partial charge < -0.3 is 20.0 Å². The maximum atomic E-state index is 12.7. The Kier molecular flexibility index (Phi) is 4.74. The summed E-state index contributed by atoms with van der Waals surface area (Å²) < 4.78 is 0. The summed E-state index contributed by atoms with van der Waals surface area (Å²) in [6.07, 6.45) is 2.82. The second-order valence-corrected chi connectivity index (χ2v) is 7.75. The Labute approximate surface area is 158 Å². The highest BCUT2D eigenvalue weighted by Crippen LogP contribution is 2.37. The summed E-state index contributed by atoms with van der Waals surface area (Å²) in [7, 11) is 0. The summed E-state index contributed by atoms with van der Waals surface area (Å²) in [6, 6.07) is 7.53. The van der Waals surface area contributed by atoms with Crippen LogP contribution in [0.25, 0.3) is 0 Å². The zero-order valence-corrected chi connectivity index (χ0v) is 15.3. The molecule has 0 bridgehead atoms. The predicted octanol–water partition coefficient (Wildman–Crippen LogP) is 0.415. The highest BCUT2D eigenvalue weighted by atomic mass is 16.3. The third kappa shape index (κ3) is 3.75. The normalized spacial score (nSPS) is 26.7. The SMILES string of the molecule is O=C(c1ccc(C2CN=CC(O)C2)cc1)N1CCN(C(=O)C2(O)CC2)CC1. The standard InChI is InChI=1S/C20H25N3O4/c24-17-11-16(12-21-13-17)14-1-3-15(4-2-14)18(25)22-7-9-23(10-8-22)19(26)20(27)5-6-20/h1-4,13,16-17,24,27H,5-12H2. The van der Waals surface area contributed by atoms with E-state index in [0.717, 1.165) is 5.56 Å². The van der Waals surface area contributed by atoms with Crippen LogP contribution in [-0.2, 0) is 4.79 Å². The van der Waals surface area contributed by atoms with Crippen LogP contribution in [0.15, 0.2) is 29.3 Å². The number of carbonyl (C=O) groups excluding carboxylic acids is 2. The zero-order valence-electron chi connectivity index (χ0n) is 15.3. The molecule has 4 rings (SSSR count). The van der Waals surface area contributed by atoms with Crippen LogP contribution in [-0.4, -0.2) is 82.5 Å². The highest BCUT2D eigenvalue weighted by molar-refractivity contribution is 5.94. The van der Waals surface area contributed by atoms with Gasteiger partial charge in [-0.2, -0.15) is 0 Å². The van der Waals surface area contributed by atoms with E-state index in [1.54, 1.807) is 16.0 Å². The minimum absolute atomic E-state index is 0.0412. The average molecular weight is 371 g/mol. The molecule has 1 aromatic carbocycles. The molecule has 1 saturated carbocycles. The number of hydrogen-bond donors (Lipinski definition) is 2. The van der Waals surface area contributed by atoms with Gasteiger partial charge >= 0.3 is 0 Å². The molecule has 144 valence electrons. The van der Waals surface area contributed by atoms with Crippen LogP contribution >= 0.6 is 0 Å². The molecule has 2 unspecified atom stereocenters. The Morgan fingerprint density at radius 2 is 1.67 bits per heavy atom. The van der Waals surface area contributed by atoms with E-state index in [-0.39, 0.29) is 17.7 Å². The Balaban J connectivity index is 1.35. The van der Waals surface area contributed by atoms with Gasteiger partial charge in [-0.3, -0.25) is 14.6 Å². The quantitative estimate of drug-likeness (QED) is 0.805. The Morgan fingerprint density at radius 1 is 1.04 bits per heavy atom. The molecule has 2 N–H and O–H groups in total. The van der Waals surface area contributed by atoms with Crippen LogP contribution in [0.2, 0.25) is 0 Å². The summed E-state index contributed by atoms with van der Waals surface area (Å²) in [5.41, 5.74) is 0.563. The van der Waals surface area contributed by atoms with Crippen LogP contribution in [0.3, 0.4) is 0 Å². The molecule has 2 heterocycles. The fourth-order valence-electron chi connectivity index (χ4n) is 3.80. The number of hydrogen-bond acceptors (Lipinski definition) is 5. The lowest BCUT2D eigenvalue weighted by Gasteiger charge is -2.35. The summed E-state index contributed by atoms with van der Waals surface area (Å²) in [4.78, 5) is 32.5. The lowest BCUT2D eigenvalue weighted by atomic mass is 9.91. The number of aliphatic hydroxyl groups is 2. The molecule has 0 radical (unpaired) electrons. The molecule has 3 aliphatic rings. The molecule has 2 fully saturated rings. The number of rotatable bonds is 3. The van der Waals surface area contributed by atoms with Crippen molar-refractivity contribution in [3.63, 3.8) is 0 Å². The van der Waals surface area contributed by atoms with Crippen LogP contribution in [0.5, 0.6) is 0 Å². The average Bonchev–Trinajstić information content (AvgIpc) is 3.46. The molecule has 1 aromatic rings. The molecule has 1 saturated heterocycles. The lowest BCUT2D eigenvalue weighted by molar-refractivity contribution is -0.143. The topological polar surface area (TPSA) is 93.4 Å². The molecular formula is C20H25N3O4. The number of carbonyl (C=O) groups is 2. The Bertz CT molecular complexity index is 749. The van der Waals surface area contributed by atoms with E-state index < -0.39 is 11.7 Å². The largest absolute Gasteiger partial charge is 0.387 e. The maximum absolute atomic E-state index is 12.7. The van der Waals surface area contributed by atoms with Crippen molar-refractivity contribution in [2.45, 2.75) is 36.9 Å². The van der Waals surface area contributed by atoms with Crippen molar-refractivity contribution in [3.8, 4) is 0 Å². The molecule has 1 aliphatic carbocycles. The zero-order chi connectivity index (χ0) is 19.0. The second kappa shape index (κ2) is 7.05. The minimum atomic E-state index is -1.14. The van der Waals surface area contributed by atoms with Crippen molar-refractivity contribution in [3.05, 3.63) is 35.4 Å². The molecule has 2 aliphatic heterocycles. The van der Waals surface area contributed by atoms with Crippen molar-refractivity contribution < 1.29 is 19.8 Å². The second-order valence-electron chi connectivity index (χ2n) is 7.75. The first-order valence-electron chi connectivity index (χ1n) is 9.55. The molecule has 27 heavy (non-hydrogen) atoms. The van der Waals surface area contributed by atoms with Crippen LogP contribution in [0, 0.1) is 0 Å². The molecule has 0 aromatic heterocycles. The molecule has 0 spiro atoms. The summed E-state index contributed by atoms with van der Waals surface area (Å²) >= 11 is 0. The number of amides is 2. The molecule has 7 heteroatoms. The van der Waals surface area contributed by atoms with Gasteiger partial charge in [-0.25, -0.2) is 0 Å². The van der Waals surface area contributed by atoms with Gasteiger partial charge in [-0.1, -0.05) is 12.1 Å². The van der Waals surface area contributed by atoms with Gasteiger partial charge in [0.1, 0.15) is 5.60 Å². The molecule has 7 nitrogen and oxygen atoms in total. The van der Waals surface area contributed by atoms with E-state index in [0.29, 0.717) is 57.5 Å². The first-order valence-corrected chi connectivity index (χ1v) is 9.55. The van der Waals surface area contributed by atoms with Gasteiger partial charge in [-0.15, -0.1) is 0 Å². The lowest BCUT2D eigenvalue weighted by Crippen LogP contribution is -2.53.